The largest absolute Gasteiger partial charge is 0.497 e. The molecule has 0 saturated carbocycles. The van der Waals surface area contributed by atoms with Gasteiger partial charge in [-0.2, -0.15) is 0 Å². The lowest BCUT2D eigenvalue weighted by Gasteiger charge is -2.27. The Morgan fingerprint density at radius 1 is 1.03 bits per heavy atom. The fraction of sp³-hybridized carbons (Fsp3) is 0.208. The summed E-state index contributed by atoms with van der Waals surface area (Å²) in [6.45, 7) is 2.56. The van der Waals surface area contributed by atoms with E-state index in [-0.39, 0.29) is 0 Å². The Hall–Kier alpha value is -3.51. The molecule has 6 heteroatoms. The number of fused-ring (bicyclic) bond motifs is 1. The van der Waals surface area contributed by atoms with Crippen LogP contribution in [0.1, 0.15) is 17.0 Å². The van der Waals surface area contributed by atoms with Crippen molar-refractivity contribution in [3.05, 3.63) is 84.0 Å². The Morgan fingerprint density at radius 3 is 2.73 bits per heavy atom. The first kappa shape index (κ1) is 18.5. The van der Waals surface area contributed by atoms with E-state index in [9.17, 15) is 0 Å². The normalized spacial score (nSPS) is 13.8. The average molecular weight is 398 g/mol. The van der Waals surface area contributed by atoms with Crippen LogP contribution >= 0.6 is 0 Å². The molecule has 0 amide bonds. The molecule has 30 heavy (non-hydrogen) atoms. The summed E-state index contributed by atoms with van der Waals surface area (Å²) >= 11 is 0. The zero-order valence-corrected chi connectivity index (χ0v) is 16.8. The first-order valence-corrected chi connectivity index (χ1v) is 10.00. The second-order valence-corrected chi connectivity index (χ2v) is 7.35. The maximum atomic E-state index is 5.42. The fourth-order valence-electron chi connectivity index (χ4n) is 3.75. The van der Waals surface area contributed by atoms with E-state index >= 15 is 0 Å². The number of pyridine rings is 1. The molecule has 150 valence electrons. The van der Waals surface area contributed by atoms with Gasteiger partial charge in [-0.25, -0.2) is 9.97 Å². The van der Waals surface area contributed by atoms with E-state index < -0.39 is 0 Å². The Bertz CT molecular complexity index is 1140. The van der Waals surface area contributed by atoms with Crippen LogP contribution < -0.4 is 4.74 Å². The van der Waals surface area contributed by atoms with Crippen LogP contribution in [0.3, 0.4) is 0 Å². The number of ether oxygens (including phenoxy) is 1. The maximum absolute atomic E-state index is 5.42. The summed E-state index contributed by atoms with van der Waals surface area (Å²) in [5.41, 5.74) is 5.38. The molecular weight excluding hydrogens is 376 g/mol. The van der Waals surface area contributed by atoms with E-state index in [2.05, 4.69) is 22.0 Å². The quantitative estimate of drug-likeness (QED) is 0.498. The third-order valence-electron chi connectivity index (χ3n) is 5.33. The predicted octanol–water partition coefficient (Wildman–Crippen LogP) is 4.37. The Morgan fingerprint density at radius 2 is 1.93 bits per heavy atom. The molecule has 0 unspecified atom stereocenters. The zero-order chi connectivity index (χ0) is 20.3. The van der Waals surface area contributed by atoms with Crippen molar-refractivity contribution in [1.29, 1.82) is 0 Å². The molecule has 0 spiro atoms. The standard InChI is InChI=1S/C24H22N4O2/c1-29-20-9-7-17(8-10-20)21-5-2-4-19(26-21)16-28-12-11-22-18(15-28)14-25-24(27-22)23-6-3-13-30-23/h2-10,13-14H,11-12,15-16H2,1H3. The van der Waals surface area contributed by atoms with Gasteiger partial charge in [0, 0.05) is 43.4 Å². The molecule has 5 rings (SSSR count). The summed E-state index contributed by atoms with van der Waals surface area (Å²) in [7, 11) is 1.67. The topological polar surface area (TPSA) is 64.3 Å². The third kappa shape index (κ3) is 3.82. The lowest BCUT2D eigenvalue weighted by molar-refractivity contribution is 0.240. The Balaban J connectivity index is 1.30. The minimum atomic E-state index is 0.654. The molecule has 0 fully saturated rings. The van der Waals surface area contributed by atoms with Crippen molar-refractivity contribution in [2.24, 2.45) is 0 Å². The van der Waals surface area contributed by atoms with Crippen molar-refractivity contribution in [1.82, 2.24) is 19.9 Å². The number of nitrogens with zero attached hydrogens (tertiary/aromatic N) is 4. The molecule has 4 heterocycles. The van der Waals surface area contributed by atoms with Crippen molar-refractivity contribution in [3.63, 3.8) is 0 Å². The van der Waals surface area contributed by atoms with E-state index in [1.165, 1.54) is 5.56 Å². The lowest BCUT2D eigenvalue weighted by Crippen LogP contribution is -2.31. The van der Waals surface area contributed by atoms with Gasteiger partial charge in [0.15, 0.2) is 11.6 Å². The van der Waals surface area contributed by atoms with Gasteiger partial charge in [0.2, 0.25) is 0 Å². The van der Waals surface area contributed by atoms with Gasteiger partial charge >= 0.3 is 0 Å². The summed E-state index contributed by atoms with van der Waals surface area (Å²) in [6.07, 6.45) is 4.46. The molecular formula is C24H22N4O2. The monoisotopic (exact) mass is 398 g/mol. The molecule has 1 aliphatic rings. The highest BCUT2D eigenvalue weighted by molar-refractivity contribution is 5.60. The summed E-state index contributed by atoms with van der Waals surface area (Å²) < 4.78 is 10.7. The van der Waals surface area contributed by atoms with Crippen LogP contribution in [0.2, 0.25) is 0 Å². The summed E-state index contributed by atoms with van der Waals surface area (Å²) in [5, 5.41) is 0. The highest BCUT2D eigenvalue weighted by atomic mass is 16.5. The van der Waals surface area contributed by atoms with E-state index in [0.717, 1.165) is 54.4 Å². The van der Waals surface area contributed by atoms with Gasteiger partial charge in [0.05, 0.1) is 30.5 Å². The van der Waals surface area contributed by atoms with Crippen molar-refractivity contribution in [2.45, 2.75) is 19.5 Å². The Kier molecular flexibility index (Phi) is 4.99. The van der Waals surface area contributed by atoms with Gasteiger partial charge in [0.1, 0.15) is 5.75 Å². The zero-order valence-electron chi connectivity index (χ0n) is 16.8. The van der Waals surface area contributed by atoms with Crippen LogP contribution in [0.4, 0.5) is 0 Å². The van der Waals surface area contributed by atoms with Crippen LogP contribution in [0, 0.1) is 0 Å². The van der Waals surface area contributed by atoms with Gasteiger partial charge in [-0.3, -0.25) is 9.88 Å². The number of furan rings is 1. The van der Waals surface area contributed by atoms with Gasteiger partial charge in [-0.15, -0.1) is 0 Å². The molecule has 0 saturated heterocycles. The van der Waals surface area contributed by atoms with E-state index in [1.807, 2.05) is 48.7 Å². The summed E-state index contributed by atoms with van der Waals surface area (Å²) in [4.78, 5) is 16.5. The number of rotatable bonds is 5. The molecule has 0 radical (unpaired) electrons. The summed E-state index contributed by atoms with van der Waals surface area (Å²) in [6, 6.07) is 17.9. The maximum Gasteiger partial charge on any atom is 0.195 e. The number of aromatic nitrogens is 3. The molecule has 4 aromatic rings. The molecule has 0 bridgehead atoms. The van der Waals surface area contributed by atoms with Crippen molar-refractivity contribution in [3.8, 4) is 28.6 Å². The van der Waals surface area contributed by atoms with Crippen LogP contribution in [-0.4, -0.2) is 33.5 Å². The number of benzene rings is 1. The van der Waals surface area contributed by atoms with Crippen LogP contribution in [0.25, 0.3) is 22.8 Å². The van der Waals surface area contributed by atoms with E-state index in [0.29, 0.717) is 11.6 Å². The molecule has 1 aromatic carbocycles. The van der Waals surface area contributed by atoms with Crippen molar-refractivity contribution >= 4 is 0 Å². The molecule has 3 aromatic heterocycles. The van der Waals surface area contributed by atoms with Gasteiger partial charge < -0.3 is 9.15 Å². The smallest absolute Gasteiger partial charge is 0.195 e. The fourth-order valence-corrected chi connectivity index (χ4v) is 3.75. The highest BCUT2D eigenvalue weighted by Crippen LogP contribution is 2.24. The lowest BCUT2D eigenvalue weighted by atomic mass is 10.1. The molecule has 0 aliphatic carbocycles. The second-order valence-electron chi connectivity index (χ2n) is 7.35. The highest BCUT2D eigenvalue weighted by Gasteiger charge is 2.20. The second kappa shape index (κ2) is 8.08. The third-order valence-corrected chi connectivity index (χ3v) is 5.33. The molecule has 1 aliphatic heterocycles. The molecule has 0 N–H and O–H groups in total. The van der Waals surface area contributed by atoms with Crippen LogP contribution in [0.5, 0.6) is 5.75 Å². The van der Waals surface area contributed by atoms with Crippen LogP contribution in [-0.2, 0) is 19.5 Å². The van der Waals surface area contributed by atoms with E-state index in [1.54, 1.807) is 13.4 Å². The van der Waals surface area contributed by atoms with Gasteiger partial charge in [-0.05, 0) is 48.5 Å². The molecule has 6 nitrogen and oxygen atoms in total. The SMILES string of the molecule is COc1ccc(-c2cccc(CN3CCc4nc(-c5ccco5)ncc4C3)n2)cc1. The van der Waals surface area contributed by atoms with E-state index in [4.69, 9.17) is 19.1 Å². The summed E-state index contributed by atoms with van der Waals surface area (Å²) in [5.74, 6) is 2.21. The first-order chi connectivity index (χ1) is 14.8. The first-order valence-electron chi connectivity index (χ1n) is 10.00. The number of hydrogen-bond donors (Lipinski definition) is 0. The molecule has 0 atom stereocenters. The average Bonchev–Trinajstić information content (AvgIpc) is 3.34. The van der Waals surface area contributed by atoms with Crippen molar-refractivity contribution < 1.29 is 9.15 Å². The van der Waals surface area contributed by atoms with Crippen molar-refractivity contribution in [2.75, 3.05) is 13.7 Å². The number of methoxy groups -OCH3 is 1. The minimum Gasteiger partial charge on any atom is -0.497 e. The number of hydrogen-bond acceptors (Lipinski definition) is 6. The minimum absolute atomic E-state index is 0.654. The predicted molar refractivity (Wildman–Crippen MR) is 114 cm³/mol. The Labute approximate surface area is 175 Å². The van der Waals surface area contributed by atoms with Gasteiger partial charge in [0.25, 0.3) is 0 Å². The van der Waals surface area contributed by atoms with Gasteiger partial charge in [-0.1, -0.05) is 6.07 Å². The van der Waals surface area contributed by atoms with Crippen LogP contribution in [0.15, 0.2) is 71.5 Å².